The Kier molecular flexibility index (Phi) is 4.45. The zero-order valence-corrected chi connectivity index (χ0v) is 14.4. The molecule has 0 aromatic rings. The van der Waals surface area contributed by atoms with E-state index in [1.165, 1.54) is 19.1 Å². The van der Waals surface area contributed by atoms with Gasteiger partial charge in [-0.3, -0.25) is 4.90 Å². The van der Waals surface area contributed by atoms with E-state index in [0.717, 1.165) is 0 Å². The molecule has 3 aliphatic heterocycles. The Morgan fingerprint density at radius 2 is 1.83 bits per heavy atom. The number of nitrogens with zero attached hydrogens (tertiary/aromatic N) is 1. The number of cyclic esters (lactones) is 1. The summed E-state index contributed by atoms with van der Waals surface area (Å²) in [5, 5.41) is 0. The maximum Gasteiger partial charge on any atom is 0.410 e. The lowest BCUT2D eigenvalue weighted by molar-refractivity contribution is -0.191. The molecule has 0 unspecified atom stereocenters. The van der Waals surface area contributed by atoms with Crippen LogP contribution in [0.2, 0.25) is 0 Å². The largest absolute Gasteiger partial charge is 0.458 e. The standard InChI is InChI=1S/C15H23NO8/c1-15(2,3)24-12(17)7-8(23-14(18)16(7)4)10-9-11(21-6-20-9)13(19-5)22-10/h7-11,13H,6H2,1-5H3/t7-,8+,9-,10-,11-,13-/m1/s1. The highest BCUT2D eigenvalue weighted by Crippen LogP contribution is 2.37. The summed E-state index contributed by atoms with van der Waals surface area (Å²) in [6, 6.07) is -0.929. The molecular weight excluding hydrogens is 322 g/mol. The molecule has 6 atom stereocenters. The van der Waals surface area contributed by atoms with Gasteiger partial charge in [0.05, 0.1) is 0 Å². The first kappa shape index (κ1) is 17.4. The number of fused-ring (bicyclic) bond motifs is 1. The number of methoxy groups -OCH3 is 1. The smallest absolute Gasteiger partial charge is 0.410 e. The zero-order valence-electron chi connectivity index (χ0n) is 14.4. The number of carbonyl (C=O) groups is 2. The van der Waals surface area contributed by atoms with Gasteiger partial charge in [0.1, 0.15) is 30.7 Å². The van der Waals surface area contributed by atoms with Crippen molar-refractivity contribution in [1.82, 2.24) is 4.90 Å². The molecule has 0 N–H and O–H groups in total. The van der Waals surface area contributed by atoms with Gasteiger partial charge in [-0.25, -0.2) is 9.59 Å². The van der Waals surface area contributed by atoms with E-state index < -0.39 is 54.4 Å². The van der Waals surface area contributed by atoms with Crippen LogP contribution in [0.25, 0.3) is 0 Å². The highest BCUT2D eigenvalue weighted by molar-refractivity contribution is 5.85. The number of likely N-dealkylation sites (N-methyl/N-ethyl adjacent to an activating group) is 1. The molecule has 3 saturated heterocycles. The second-order valence-corrected chi connectivity index (χ2v) is 7.02. The monoisotopic (exact) mass is 345 g/mol. The Morgan fingerprint density at radius 1 is 1.17 bits per heavy atom. The fourth-order valence-electron chi connectivity index (χ4n) is 3.16. The molecule has 0 aliphatic carbocycles. The molecule has 9 heteroatoms. The quantitative estimate of drug-likeness (QED) is 0.673. The lowest BCUT2D eigenvalue weighted by atomic mass is 9.99. The van der Waals surface area contributed by atoms with Crippen LogP contribution in [0.3, 0.4) is 0 Å². The molecule has 3 fully saturated rings. The molecule has 0 radical (unpaired) electrons. The average Bonchev–Trinajstić information content (AvgIpc) is 3.12. The molecule has 0 bridgehead atoms. The van der Waals surface area contributed by atoms with E-state index in [4.69, 9.17) is 28.4 Å². The first-order valence-corrected chi connectivity index (χ1v) is 7.80. The topological polar surface area (TPSA) is 92.8 Å². The maximum absolute atomic E-state index is 12.6. The Morgan fingerprint density at radius 3 is 2.46 bits per heavy atom. The number of carbonyl (C=O) groups excluding carboxylic acids is 2. The molecule has 9 nitrogen and oxygen atoms in total. The molecule has 136 valence electrons. The minimum Gasteiger partial charge on any atom is -0.458 e. The molecule has 3 rings (SSSR count). The number of hydrogen-bond donors (Lipinski definition) is 0. The summed E-state index contributed by atoms with van der Waals surface area (Å²) in [6.45, 7) is 5.38. The van der Waals surface area contributed by atoms with Gasteiger partial charge in [0.15, 0.2) is 18.4 Å². The van der Waals surface area contributed by atoms with Crippen molar-refractivity contribution >= 4 is 12.1 Å². The van der Waals surface area contributed by atoms with Crippen LogP contribution in [0.5, 0.6) is 0 Å². The van der Waals surface area contributed by atoms with E-state index in [-0.39, 0.29) is 6.79 Å². The molecule has 0 saturated carbocycles. The molecule has 1 amide bonds. The maximum atomic E-state index is 12.6. The Labute approximate surface area is 140 Å². The lowest BCUT2D eigenvalue weighted by Gasteiger charge is -2.28. The molecule has 24 heavy (non-hydrogen) atoms. The van der Waals surface area contributed by atoms with Crippen molar-refractivity contribution < 1.29 is 38.0 Å². The summed E-state index contributed by atoms with van der Waals surface area (Å²) in [5.41, 5.74) is -0.685. The van der Waals surface area contributed by atoms with Crippen molar-refractivity contribution in [2.45, 2.75) is 63.1 Å². The molecule has 3 aliphatic rings. The van der Waals surface area contributed by atoms with Gasteiger partial charge in [-0.05, 0) is 20.8 Å². The third-order valence-electron chi connectivity index (χ3n) is 4.19. The fourth-order valence-corrected chi connectivity index (χ4v) is 3.16. The first-order chi connectivity index (χ1) is 11.2. The van der Waals surface area contributed by atoms with Crippen molar-refractivity contribution in [3.63, 3.8) is 0 Å². The number of amides is 1. The third kappa shape index (κ3) is 2.97. The fraction of sp³-hybridized carbons (Fsp3) is 0.867. The summed E-state index contributed by atoms with van der Waals surface area (Å²) in [5.74, 6) is -0.555. The third-order valence-corrected chi connectivity index (χ3v) is 4.19. The average molecular weight is 345 g/mol. The second-order valence-electron chi connectivity index (χ2n) is 7.02. The van der Waals surface area contributed by atoms with Gasteiger partial charge >= 0.3 is 12.1 Å². The molecule has 3 heterocycles. The van der Waals surface area contributed by atoms with E-state index in [1.54, 1.807) is 20.8 Å². The SMILES string of the molecule is CO[C@@H]1O[C@H]([C@H]2OC(=O)N(C)[C@H]2C(=O)OC(C)(C)C)[C@H]2OCO[C@@H]12. The van der Waals surface area contributed by atoms with Gasteiger partial charge in [-0.2, -0.15) is 0 Å². The number of ether oxygens (including phenoxy) is 6. The van der Waals surface area contributed by atoms with Gasteiger partial charge < -0.3 is 28.4 Å². The number of rotatable bonds is 3. The van der Waals surface area contributed by atoms with Crippen LogP contribution < -0.4 is 0 Å². The van der Waals surface area contributed by atoms with Gasteiger partial charge in [0, 0.05) is 14.2 Å². The Balaban J connectivity index is 1.82. The van der Waals surface area contributed by atoms with E-state index in [2.05, 4.69) is 0 Å². The van der Waals surface area contributed by atoms with E-state index >= 15 is 0 Å². The predicted octanol–water partition coefficient (Wildman–Crippen LogP) is 0.260. The molecular formula is C15H23NO8. The van der Waals surface area contributed by atoms with Gasteiger partial charge in [-0.15, -0.1) is 0 Å². The van der Waals surface area contributed by atoms with Crippen molar-refractivity contribution in [2.75, 3.05) is 21.0 Å². The predicted molar refractivity (Wildman–Crippen MR) is 77.9 cm³/mol. The van der Waals surface area contributed by atoms with Gasteiger partial charge in [0.25, 0.3) is 0 Å². The summed E-state index contributed by atoms with van der Waals surface area (Å²) in [4.78, 5) is 25.8. The number of esters is 1. The van der Waals surface area contributed by atoms with Crippen LogP contribution >= 0.6 is 0 Å². The van der Waals surface area contributed by atoms with Crippen LogP contribution in [0.4, 0.5) is 4.79 Å². The van der Waals surface area contributed by atoms with E-state index in [9.17, 15) is 9.59 Å². The summed E-state index contributed by atoms with van der Waals surface area (Å²) >= 11 is 0. The lowest BCUT2D eigenvalue weighted by Crippen LogP contribution is -2.51. The highest BCUT2D eigenvalue weighted by atomic mass is 16.8. The van der Waals surface area contributed by atoms with Crippen LogP contribution in [0.1, 0.15) is 20.8 Å². The number of hydrogen-bond acceptors (Lipinski definition) is 8. The van der Waals surface area contributed by atoms with Crippen molar-refractivity contribution in [1.29, 1.82) is 0 Å². The van der Waals surface area contributed by atoms with E-state index in [0.29, 0.717) is 0 Å². The van der Waals surface area contributed by atoms with E-state index in [1.807, 2.05) is 0 Å². The van der Waals surface area contributed by atoms with Crippen LogP contribution in [0.15, 0.2) is 0 Å². The molecule has 0 aromatic carbocycles. The molecule has 0 aromatic heterocycles. The summed E-state index contributed by atoms with van der Waals surface area (Å²) in [7, 11) is 2.98. The van der Waals surface area contributed by atoms with Crippen LogP contribution in [0, 0.1) is 0 Å². The van der Waals surface area contributed by atoms with Crippen molar-refractivity contribution in [3.05, 3.63) is 0 Å². The zero-order chi connectivity index (χ0) is 17.6. The minimum atomic E-state index is -0.929. The van der Waals surface area contributed by atoms with Gasteiger partial charge in [-0.1, -0.05) is 0 Å². The van der Waals surface area contributed by atoms with Crippen LogP contribution in [-0.4, -0.2) is 80.3 Å². The van der Waals surface area contributed by atoms with Crippen molar-refractivity contribution in [2.24, 2.45) is 0 Å². The molecule has 0 spiro atoms. The normalized spacial score (nSPS) is 39.0. The van der Waals surface area contributed by atoms with Crippen molar-refractivity contribution in [3.8, 4) is 0 Å². The minimum absolute atomic E-state index is 0.0999. The summed E-state index contributed by atoms with van der Waals surface area (Å²) in [6.07, 6.45) is -3.73. The second kappa shape index (κ2) is 6.14. The Bertz CT molecular complexity index is 518. The first-order valence-electron chi connectivity index (χ1n) is 7.80. The Hall–Kier alpha value is -1.42. The summed E-state index contributed by atoms with van der Waals surface area (Å²) < 4.78 is 32.8. The van der Waals surface area contributed by atoms with Crippen LogP contribution in [-0.2, 0) is 33.2 Å². The van der Waals surface area contributed by atoms with Gasteiger partial charge in [0.2, 0.25) is 0 Å². The highest BCUT2D eigenvalue weighted by Gasteiger charge is 2.60.